The molecule has 1 heterocycles. The Bertz CT molecular complexity index is 647. The van der Waals surface area contributed by atoms with Gasteiger partial charge in [0.25, 0.3) is 0 Å². The maximum Gasteiger partial charge on any atom is 0.161 e. The predicted octanol–water partition coefficient (Wildman–Crippen LogP) is 3.22. The second-order valence-electron chi connectivity index (χ2n) is 4.92. The van der Waals surface area contributed by atoms with E-state index in [9.17, 15) is 9.50 Å². The van der Waals surface area contributed by atoms with Crippen molar-refractivity contribution in [2.45, 2.75) is 18.6 Å². The molecule has 0 amide bonds. The number of aliphatic hydroxyl groups is 1. The van der Waals surface area contributed by atoms with Crippen molar-refractivity contribution >= 4 is 11.6 Å². The second kappa shape index (κ2) is 5.92. The standard InChI is InChI=1S/C16H14ClFO3/c17-12-8-11(18)6-5-10(12)7-13(19)16-9-20-14-3-1-2-4-15(14)21-16/h1-6,8,13,16,19H,7,9H2. The van der Waals surface area contributed by atoms with Gasteiger partial charge in [0.05, 0.1) is 6.10 Å². The van der Waals surface area contributed by atoms with Crippen LogP contribution in [0, 0.1) is 5.82 Å². The van der Waals surface area contributed by atoms with E-state index in [0.717, 1.165) is 0 Å². The van der Waals surface area contributed by atoms with Crippen molar-refractivity contribution in [1.82, 2.24) is 0 Å². The highest BCUT2D eigenvalue weighted by Gasteiger charge is 2.28. The average Bonchev–Trinajstić information content (AvgIpc) is 2.49. The molecule has 0 bridgehead atoms. The molecule has 110 valence electrons. The molecule has 21 heavy (non-hydrogen) atoms. The smallest absolute Gasteiger partial charge is 0.161 e. The fraction of sp³-hybridized carbons (Fsp3) is 0.250. The predicted molar refractivity (Wildman–Crippen MR) is 77.5 cm³/mol. The van der Waals surface area contributed by atoms with Crippen LogP contribution in [-0.2, 0) is 6.42 Å². The van der Waals surface area contributed by atoms with Gasteiger partial charge in [0, 0.05) is 11.4 Å². The summed E-state index contributed by atoms with van der Waals surface area (Å²) in [5, 5.41) is 10.6. The molecule has 0 aliphatic carbocycles. The van der Waals surface area contributed by atoms with E-state index in [1.54, 1.807) is 12.1 Å². The van der Waals surface area contributed by atoms with Crippen molar-refractivity contribution in [2.24, 2.45) is 0 Å². The Labute approximate surface area is 126 Å². The van der Waals surface area contributed by atoms with E-state index in [4.69, 9.17) is 21.1 Å². The largest absolute Gasteiger partial charge is 0.486 e. The monoisotopic (exact) mass is 308 g/mol. The lowest BCUT2D eigenvalue weighted by atomic mass is 10.0. The number of aliphatic hydroxyl groups excluding tert-OH is 1. The van der Waals surface area contributed by atoms with E-state index < -0.39 is 18.0 Å². The Balaban J connectivity index is 1.70. The summed E-state index contributed by atoms with van der Waals surface area (Å²) in [6, 6.07) is 11.4. The van der Waals surface area contributed by atoms with Crippen molar-refractivity contribution in [2.75, 3.05) is 6.61 Å². The minimum atomic E-state index is -0.790. The molecule has 1 aliphatic heterocycles. The van der Waals surface area contributed by atoms with E-state index >= 15 is 0 Å². The molecular weight excluding hydrogens is 295 g/mol. The van der Waals surface area contributed by atoms with Crippen LogP contribution in [0.15, 0.2) is 42.5 Å². The molecule has 5 heteroatoms. The van der Waals surface area contributed by atoms with Crippen LogP contribution in [0.4, 0.5) is 4.39 Å². The van der Waals surface area contributed by atoms with Crippen molar-refractivity contribution in [3.05, 3.63) is 58.9 Å². The van der Waals surface area contributed by atoms with E-state index in [1.807, 2.05) is 18.2 Å². The molecule has 0 spiro atoms. The van der Waals surface area contributed by atoms with E-state index in [-0.39, 0.29) is 13.0 Å². The summed E-state index contributed by atoms with van der Waals surface area (Å²) in [4.78, 5) is 0. The van der Waals surface area contributed by atoms with Gasteiger partial charge in [-0.05, 0) is 29.8 Å². The first kappa shape index (κ1) is 14.2. The second-order valence-corrected chi connectivity index (χ2v) is 5.33. The maximum absolute atomic E-state index is 13.0. The number of halogens is 2. The third-order valence-corrected chi connectivity index (χ3v) is 3.76. The van der Waals surface area contributed by atoms with Crippen LogP contribution in [-0.4, -0.2) is 23.9 Å². The summed E-state index contributed by atoms with van der Waals surface area (Å²) in [6.45, 7) is 0.261. The van der Waals surface area contributed by atoms with Gasteiger partial charge >= 0.3 is 0 Å². The van der Waals surface area contributed by atoms with Crippen LogP contribution in [0.25, 0.3) is 0 Å². The molecular formula is C16H14ClFO3. The van der Waals surface area contributed by atoms with Crippen LogP contribution < -0.4 is 9.47 Å². The quantitative estimate of drug-likeness (QED) is 0.946. The minimum Gasteiger partial charge on any atom is -0.486 e. The minimum absolute atomic E-state index is 0.261. The zero-order valence-electron chi connectivity index (χ0n) is 11.1. The van der Waals surface area contributed by atoms with E-state index in [2.05, 4.69) is 0 Å². The number of fused-ring (bicyclic) bond motifs is 1. The molecule has 0 fully saturated rings. The highest BCUT2D eigenvalue weighted by Crippen LogP contribution is 2.32. The molecule has 1 aliphatic rings. The molecule has 2 aromatic rings. The number of para-hydroxylation sites is 2. The topological polar surface area (TPSA) is 38.7 Å². The Hall–Kier alpha value is -1.78. The lowest BCUT2D eigenvalue weighted by molar-refractivity contribution is -0.00941. The molecule has 2 aromatic carbocycles. The third kappa shape index (κ3) is 3.12. The zero-order valence-corrected chi connectivity index (χ0v) is 11.9. The lowest BCUT2D eigenvalue weighted by Gasteiger charge is -2.29. The maximum atomic E-state index is 13.0. The first-order valence-corrected chi connectivity index (χ1v) is 7.02. The van der Waals surface area contributed by atoms with Gasteiger partial charge in [0.2, 0.25) is 0 Å². The highest BCUT2D eigenvalue weighted by molar-refractivity contribution is 6.31. The fourth-order valence-electron chi connectivity index (χ4n) is 2.27. The summed E-state index contributed by atoms with van der Waals surface area (Å²) < 4.78 is 24.3. The van der Waals surface area contributed by atoms with Gasteiger partial charge in [-0.3, -0.25) is 0 Å². The van der Waals surface area contributed by atoms with Crippen LogP contribution >= 0.6 is 11.6 Å². The van der Waals surface area contributed by atoms with Crippen LogP contribution in [0.2, 0.25) is 5.02 Å². The molecule has 0 aromatic heterocycles. The van der Waals surface area contributed by atoms with Crippen molar-refractivity contribution in [1.29, 1.82) is 0 Å². The van der Waals surface area contributed by atoms with Gasteiger partial charge in [-0.1, -0.05) is 29.8 Å². The SMILES string of the molecule is OC(Cc1ccc(F)cc1Cl)C1COc2ccccc2O1. The fourth-order valence-corrected chi connectivity index (χ4v) is 2.51. The highest BCUT2D eigenvalue weighted by atomic mass is 35.5. The summed E-state index contributed by atoms with van der Waals surface area (Å²) in [7, 11) is 0. The van der Waals surface area contributed by atoms with Gasteiger partial charge in [-0.15, -0.1) is 0 Å². The number of rotatable bonds is 3. The first-order valence-electron chi connectivity index (χ1n) is 6.64. The molecule has 2 atom stereocenters. The first-order chi connectivity index (χ1) is 10.1. The molecule has 2 unspecified atom stereocenters. The third-order valence-electron chi connectivity index (χ3n) is 3.40. The van der Waals surface area contributed by atoms with Crippen LogP contribution in [0.1, 0.15) is 5.56 Å². The normalized spacial score (nSPS) is 18.3. The summed E-state index contributed by atoms with van der Waals surface area (Å²) in [5.41, 5.74) is 0.674. The van der Waals surface area contributed by atoms with Gasteiger partial charge in [0.1, 0.15) is 12.4 Å². The Morgan fingerprint density at radius 3 is 2.76 bits per heavy atom. The van der Waals surface area contributed by atoms with Gasteiger partial charge < -0.3 is 14.6 Å². The Kier molecular flexibility index (Phi) is 3.99. The zero-order chi connectivity index (χ0) is 14.8. The van der Waals surface area contributed by atoms with Crippen molar-refractivity contribution < 1.29 is 19.0 Å². The number of hydrogen-bond acceptors (Lipinski definition) is 3. The van der Waals surface area contributed by atoms with Crippen LogP contribution in [0.3, 0.4) is 0 Å². The van der Waals surface area contributed by atoms with E-state index in [0.29, 0.717) is 22.1 Å². The summed E-state index contributed by atoms with van der Waals surface area (Å²) in [6.07, 6.45) is -1.00. The van der Waals surface area contributed by atoms with E-state index in [1.165, 1.54) is 12.1 Å². The van der Waals surface area contributed by atoms with Gasteiger partial charge in [0.15, 0.2) is 17.6 Å². The van der Waals surface area contributed by atoms with Gasteiger partial charge in [-0.25, -0.2) is 4.39 Å². The summed E-state index contributed by atoms with van der Waals surface area (Å²) in [5.74, 6) is 0.878. The molecule has 0 saturated heterocycles. The molecule has 0 saturated carbocycles. The Morgan fingerprint density at radius 2 is 2.00 bits per heavy atom. The molecule has 0 radical (unpaired) electrons. The van der Waals surface area contributed by atoms with Crippen molar-refractivity contribution in [3.63, 3.8) is 0 Å². The number of ether oxygens (including phenoxy) is 2. The van der Waals surface area contributed by atoms with Crippen LogP contribution in [0.5, 0.6) is 11.5 Å². The van der Waals surface area contributed by atoms with Crippen molar-refractivity contribution in [3.8, 4) is 11.5 Å². The van der Waals surface area contributed by atoms with Gasteiger partial charge in [-0.2, -0.15) is 0 Å². The average molecular weight is 309 g/mol. The lowest BCUT2D eigenvalue weighted by Crippen LogP contribution is -2.40. The summed E-state index contributed by atoms with van der Waals surface area (Å²) >= 11 is 5.97. The number of hydrogen-bond donors (Lipinski definition) is 1. The Morgan fingerprint density at radius 1 is 1.24 bits per heavy atom. The molecule has 3 rings (SSSR count). The molecule has 1 N–H and O–H groups in total. The number of benzene rings is 2. The molecule has 3 nitrogen and oxygen atoms in total.